The summed E-state index contributed by atoms with van der Waals surface area (Å²) in [5.41, 5.74) is 1.16. The van der Waals surface area contributed by atoms with E-state index in [1.807, 2.05) is 11.4 Å². The maximum Gasteiger partial charge on any atom is 0.267 e. The molecule has 144 valence electrons. The normalized spacial score (nSPS) is 10.3. The second-order valence-corrected chi connectivity index (χ2v) is 7.53. The molecule has 3 amide bonds. The Morgan fingerprint density at radius 2 is 1.68 bits per heavy atom. The van der Waals surface area contributed by atoms with Gasteiger partial charge < -0.3 is 10.6 Å². The third-order valence-electron chi connectivity index (χ3n) is 3.63. The number of thiophene rings is 1. The van der Waals surface area contributed by atoms with E-state index in [1.54, 1.807) is 41.8 Å². The maximum absolute atomic E-state index is 12.0. The van der Waals surface area contributed by atoms with Crippen molar-refractivity contribution in [1.82, 2.24) is 15.6 Å². The van der Waals surface area contributed by atoms with Crippen molar-refractivity contribution in [2.24, 2.45) is 0 Å². The average molecular weight is 415 g/mol. The Morgan fingerprint density at radius 3 is 2.43 bits per heavy atom. The molecule has 0 unspecified atom stereocenters. The van der Waals surface area contributed by atoms with Crippen LogP contribution in [0.5, 0.6) is 0 Å². The molecule has 9 heteroatoms. The van der Waals surface area contributed by atoms with Crippen LogP contribution in [0.2, 0.25) is 0 Å². The van der Waals surface area contributed by atoms with Crippen LogP contribution in [0.15, 0.2) is 53.2 Å². The van der Waals surface area contributed by atoms with Gasteiger partial charge in [-0.25, -0.2) is 4.98 Å². The van der Waals surface area contributed by atoms with Gasteiger partial charge in [0.25, 0.3) is 11.8 Å². The molecule has 2 heterocycles. The van der Waals surface area contributed by atoms with E-state index in [0.717, 1.165) is 0 Å². The summed E-state index contributed by atoms with van der Waals surface area (Å²) in [5.74, 6) is -0.592. The zero-order valence-corrected chi connectivity index (χ0v) is 16.4. The summed E-state index contributed by atoms with van der Waals surface area (Å²) < 4.78 is 0. The lowest BCUT2D eigenvalue weighted by molar-refractivity contribution is -0.120. The van der Waals surface area contributed by atoms with Crippen molar-refractivity contribution in [3.05, 3.63) is 69.4 Å². The van der Waals surface area contributed by atoms with E-state index >= 15 is 0 Å². The van der Waals surface area contributed by atoms with E-state index in [4.69, 9.17) is 0 Å². The van der Waals surface area contributed by atoms with Gasteiger partial charge in [-0.3, -0.25) is 19.7 Å². The predicted molar refractivity (Wildman–Crippen MR) is 110 cm³/mol. The van der Waals surface area contributed by atoms with Crippen LogP contribution in [-0.4, -0.2) is 35.8 Å². The van der Waals surface area contributed by atoms with Gasteiger partial charge in [-0.15, -0.1) is 22.7 Å². The van der Waals surface area contributed by atoms with E-state index in [2.05, 4.69) is 20.9 Å². The maximum atomic E-state index is 12.0. The number of carbonyl (C=O) groups is 3. The lowest BCUT2D eigenvalue weighted by atomic mass is 10.2. The Kier molecular flexibility index (Phi) is 6.88. The largest absolute Gasteiger partial charge is 0.354 e. The number of amides is 3. The van der Waals surface area contributed by atoms with Gasteiger partial charge in [0.05, 0.1) is 17.0 Å². The summed E-state index contributed by atoms with van der Waals surface area (Å²) in [4.78, 5) is 40.7. The highest BCUT2D eigenvalue weighted by molar-refractivity contribution is 7.14. The van der Waals surface area contributed by atoms with Gasteiger partial charge in [0.15, 0.2) is 5.13 Å². The van der Waals surface area contributed by atoms with Crippen molar-refractivity contribution < 1.29 is 14.4 Å². The second-order valence-electron chi connectivity index (χ2n) is 5.72. The first kappa shape index (κ1) is 19.7. The highest BCUT2D eigenvalue weighted by Gasteiger charge is 2.12. The first-order valence-electron chi connectivity index (χ1n) is 8.51. The molecule has 0 atom stereocenters. The van der Waals surface area contributed by atoms with Crippen LogP contribution < -0.4 is 16.0 Å². The van der Waals surface area contributed by atoms with Crippen LogP contribution in [0.1, 0.15) is 25.7 Å². The average Bonchev–Trinajstić information content (AvgIpc) is 3.38. The molecule has 0 spiro atoms. The number of nitrogens with zero attached hydrogens (tertiary/aromatic N) is 1. The molecule has 3 rings (SSSR count). The van der Waals surface area contributed by atoms with E-state index in [0.29, 0.717) is 34.4 Å². The topological polar surface area (TPSA) is 100 Å². The molecular weight excluding hydrogens is 396 g/mol. The monoisotopic (exact) mass is 414 g/mol. The standard InChI is InChI=1S/C19H18N4O3S2/c24-16(20-8-9-21-17(25)13-5-2-1-3-6-13)11-14-12-28-19(22-14)23-18(26)15-7-4-10-27-15/h1-7,10,12H,8-9,11H2,(H,20,24)(H,21,25)(H,22,23,26). The van der Waals surface area contributed by atoms with Gasteiger partial charge >= 0.3 is 0 Å². The van der Waals surface area contributed by atoms with Crippen LogP contribution in [0.4, 0.5) is 5.13 Å². The second kappa shape index (κ2) is 9.77. The van der Waals surface area contributed by atoms with Gasteiger partial charge in [0, 0.05) is 24.0 Å². The highest BCUT2D eigenvalue weighted by atomic mass is 32.1. The fraction of sp³-hybridized carbons (Fsp3) is 0.158. The summed E-state index contributed by atoms with van der Waals surface area (Å²) >= 11 is 2.62. The molecule has 0 radical (unpaired) electrons. The molecule has 28 heavy (non-hydrogen) atoms. The van der Waals surface area contributed by atoms with Crippen molar-refractivity contribution in [3.8, 4) is 0 Å². The number of hydrogen-bond donors (Lipinski definition) is 3. The number of carbonyl (C=O) groups excluding carboxylic acids is 3. The lowest BCUT2D eigenvalue weighted by Gasteiger charge is -2.06. The van der Waals surface area contributed by atoms with E-state index in [9.17, 15) is 14.4 Å². The van der Waals surface area contributed by atoms with Gasteiger partial charge in [0.1, 0.15) is 0 Å². The first-order valence-corrected chi connectivity index (χ1v) is 10.3. The third-order valence-corrected chi connectivity index (χ3v) is 5.30. The summed E-state index contributed by atoms with van der Waals surface area (Å²) in [7, 11) is 0. The van der Waals surface area contributed by atoms with Crippen molar-refractivity contribution in [2.75, 3.05) is 18.4 Å². The van der Waals surface area contributed by atoms with Crippen molar-refractivity contribution in [1.29, 1.82) is 0 Å². The van der Waals surface area contributed by atoms with Crippen molar-refractivity contribution >= 4 is 45.5 Å². The number of nitrogens with one attached hydrogen (secondary N) is 3. The Bertz CT molecular complexity index is 939. The van der Waals surface area contributed by atoms with Gasteiger partial charge in [0.2, 0.25) is 5.91 Å². The Balaban J connectivity index is 1.37. The summed E-state index contributed by atoms with van der Waals surface area (Å²) in [6.45, 7) is 0.655. The van der Waals surface area contributed by atoms with Gasteiger partial charge in [-0.1, -0.05) is 24.3 Å². The molecule has 1 aromatic carbocycles. The van der Waals surface area contributed by atoms with Crippen molar-refractivity contribution in [3.63, 3.8) is 0 Å². The predicted octanol–water partition coefficient (Wildman–Crippen LogP) is 2.55. The Morgan fingerprint density at radius 1 is 0.893 bits per heavy atom. The van der Waals surface area contributed by atoms with Crippen LogP contribution in [0, 0.1) is 0 Å². The molecule has 3 N–H and O–H groups in total. The molecule has 7 nitrogen and oxygen atoms in total. The quantitative estimate of drug-likeness (QED) is 0.493. The zero-order valence-electron chi connectivity index (χ0n) is 14.8. The van der Waals surface area contributed by atoms with Crippen LogP contribution in [0.25, 0.3) is 0 Å². The molecular formula is C19H18N4O3S2. The summed E-state index contributed by atoms with van der Waals surface area (Å²) in [6.07, 6.45) is 0.109. The molecule has 0 fully saturated rings. The fourth-order valence-corrected chi connectivity index (χ4v) is 3.63. The van der Waals surface area contributed by atoms with Crippen molar-refractivity contribution in [2.45, 2.75) is 6.42 Å². The van der Waals surface area contributed by atoms with Gasteiger partial charge in [-0.05, 0) is 23.6 Å². The number of rotatable bonds is 8. The molecule has 0 aliphatic carbocycles. The minimum absolute atomic E-state index is 0.109. The minimum atomic E-state index is -0.213. The molecule has 0 aliphatic rings. The SMILES string of the molecule is O=C(Cc1csc(NC(=O)c2cccs2)n1)NCCNC(=O)c1ccccc1. The third kappa shape index (κ3) is 5.73. The summed E-state index contributed by atoms with van der Waals surface area (Å²) in [6, 6.07) is 12.4. The first-order chi connectivity index (χ1) is 13.6. The lowest BCUT2D eigenvalue weighted by Crippen LogP contribution is -2.35. The number of anilines is 1. The van der Waals surface area contributed by atoms with E-state index in [1.165, 1.54) is 22.7 Å². The molecule has 3 aromatic rings. The Hall–Kier alpha value is -3.04. The highest BCUT2D eigenvalue weighted by Crippen LogP contribution is 2.18. The molecule has 0 aliphatic heterocycles. The Labute approximate surface area is 169 Å². The number of thiazole rings is 1. The minimum Gasteiger partial charge on any atom is -0.354 e. The molecule has 0 saturated heterocycles. The zero-order chi connectivity index (χ0) is 19.8. The number of benzene rings is 1. The van der Waals surface area contributed by atoms with Crippen LogP contribution >= 0.6 is 22.7 Å². The van der Waals surface area contributed by atoms with Crippen LogP contribution in [0.3, 0.4) is 0 Å². The molecule has 0 saturated carbocycles. The van der Waals surface area contributed by atoms with Gasteiger partial charge in [-0.2, -0.15) is 0 Å². The van der Waals surface area contributed by atoms with Crippen LogP contribution in [-0.2, 0) is 11.2 Å². The number of hydrogen-bond acceptors (Lipinski definition) is 6. The fourth-order valence-electron chi connectivity index (χ4n) is 2.31. The van der Waals surface area contributed by atoms with E-state index in [-0.39, 0.29) is 24.1 Å². The van der Waals surface area contributed by atoms with E-state index < -0.39 is 0 Å². The molecule has 2 aromatic heterocycles. The number of aromatic nitrogens is 1. The smallest absolute Gasteiger partial charge is 0.267 e. The summed E-state index contributed by atoms with van der Waals surface area (Å²) in [5, 5.41) is 12.2. The molecule has 0 bridgehead atoms.